The third-order valence-corrected chi connectivity index (χ3v) is 7.20. The molecule has 0 spiro atoms. The van der Waals surface area contributed by atoms with Gasteiger partial charge in [-0.15, -0.1) is 0 Å². The lowest BCUT2D eigenvalue weighted by Gasteiger charge is -2.26. The summed E-state index contributed by atoms with van der Waals surface area (Å²) >= 11 is 6.27. The van der Waals surface area contributed by atoms with Crippen molar-refractivity contribution in [1.82, 2.24) is 4.31 Å². The number of hydrogen-bond donors (Lipinski definition) is 1. The van der Waals surface area contributed by atoms with Gasteiger partial charge in [-0.2, -0.15) is 12.7 Å². The molecule has 1 aromatic carbocycles. The van der Waals surface area contributed by atoms with Crippen LogP contribution in [0.1, 0.15) is 24.5 Å². The van der Waals surface area contributed by atoms with Crippen LogP contribution in [0.4, 0.5) is 5.69 Å². The van der Waals surface area contributed by atoms with Gasteiger partial charge >= 0.3 is 10.2 Å². The Kier molecular flexibility index (Phi) is 3.48. The molecule has 0 aromatic heterocycles. The van der Waals surface area contributed by atoms with Gasteiger partial charge in [0.25, 0.3) is 0 Å². The third kappa shape index (κ3) is 2.00. The van der Waals surface area contributed by atoms with Crippen molar-refractivity contribution < 1.29 is 13.5 Å². The maximum absolute atomic E-state index is 12.8. The van der Waals surface area contributed by atoms with E-state index >= 15 is 0 Å². The minimum Gasteiger partial charge on any atom is -0.391 e. The number of hydrogen-bond acceptors (Lipinski definition) is 3. The van der Waals surface area contributed by atoms with Crippen LogP contribution in [0, 0.1) is 13.8 Å². The summed E-state index contributed by atoms with van der Waals surface area (Å²) in [6, 6.07) is 2.92. The van der Waals surface area contributed by atoms with E-state index in [1.807, 2.05) is 26.8 Å². The van der Waals surface area contributed by atoms with Gasteiger partial charge in [0.1, 0.15) is 0 Å². The molecule has 0 radical (unpaired) electrons. The van der Waals surface area contributed by atoms with Crippen LogP contribution >= 0.6 is 11.6 Å². The van der Waals surface area contributed by atoms with Crippen LogP contribution in [0.5, 0.6) is 0 Å². The highest BCUT2D eigenvalue weighted by Crippen LogP contribution is 2.41. The van der Waals surface area contributed by atoms with Gasteiger partial charge in [-0.05, 0) is 44.4 Å². The van der Waals surface area contributed by atoms with Gasteiger partial charge in [-0.1, -0.05) is 17.7 Å². The fraction of sp³-hybridized carbons (Fsp3) is 0.571. The molecule has 0 unspecified atom stereocenters. The molecule has 0 saturated carbocycles. The van der Waals surface area contributed by atoms with Gasteiger partial charge in [0.15, 0.2) is 0 Å². The Morgan fingerprint density at radius 2 is 2.00 bits per heavy atom. The summed E-state index contributed by atoms with van der Waals surface area (Å²) in [5.74, 6) is 0. The average Bonchev–Trinajstić information content (AvgIpc) is 2.89. The Morgan fingerprint density at radius 1 is 1.33 bits per heavy atom. The van der Waals surface area contributed by atoms with Gasteiger partial charge in [0.05, 0.1) is 23.9 Å². The molecule has 2 heterocycles. The molecule has 21 heavy (non-hydrogen) atoms. The maximum Gasteiger partial charge on any atom is 0.304 e. The normalized spacial score (nSPS) is 31.7. The lowest BCUT2D eigenvalue weighted by atomic mass is 10.0. The Balaban J connectivity index is 2.13. The highest BCUT2D eigenvalue weighted by atomic mass is 35.5. The van der Waals surface area contributed by atoms with Gasteiger partial charge in [-0.25, -0.2) is 0 Å². The molecular formula is C14H19ClN2O3S. The van der Waals surface area contributed by atoms with Gasteiger partial charge in [-0.3, -0.25) is 4.31 Å². The number of aryl methyl sites for hydroxylation is 1. The first kappa shape index (κ1) is 15.1. The smallest absolute Gasteiger partial charge is 0.304 e. The van der Waals surface area contributed by atoms with Crippen molar-refractivity contribution in [3.8, 4) is 0 Å². The van der Waals surface area contributed by atoms with E-state index in [0.29, 0.717) is 23.7 Å². The predicted octanol–water partition coefficient (Wildman–Crippen LogP) is 1.85. The van der Waals surface area contributed by atoms with Gasteiger partial charge < -0.3 is 5.11 Å². The summed E-state index contributed by atoms with van der Waals surface area (Å²) < 4.78 is 28.4. The molecule has 3 atom stereocenters. The molecular weight excluding hydrogens is 312 g/mol. The van der Waals surface area contributed by atoms with E-state index in [4.69, 9.17) is 11.6 Å². The zero-order chi connectivity index (χ0) is 15.5. The van der Waals surface area contributed by atoms with E-state index < -0.39 is 16.3 Å². The maximum atomic E-state index is 12.8. The molecule has 7 heteroatoms. The summed E-state index contributed by atoms with van der Waals surface area (Å²) in [6.07, 6.45) is -0.114. The number of nitrogens with zero attached hydrogens (tertiary/aromatic N) is 2. The number of aliphatic hydroxyl groups is 1. The molecule has 2 aliphatic heterocycles. The Morgan fingerprint density at radius 3 is 2.62 bits per heavy atom. The number of rotatable bonds is 1. The molecule has 0 bridgehead atoms. The SMILES string of the molecule is Cc1ccc(N2[C@@H](C)[C@@H]3[C@@H](O)CCN3S2(=O)=O)c(C)c1Cl. The molecule has 2 aliphatic rings. The quantitative estimate of drug-likeness (QED) is 0.854. The third-order valence-electron chi connectivity index (χ3n) is 4.57. The van der Waals surface area contributed by atoms with E-state index in [1.165, 1.54) is 8.61 Å². The van der Waals surface area contributed by atoms with Crippen LogP contribution in [0.3, 0.4) is 0 Å². The minimum atomic E-state index is -3.60. The van der Waals surface area contributed by atoms with Crippen LogP contribution in [-0.2, 0) is 10.2 Å². The fourth-order valence-corrected chi connectivity index (χ4v) is 5.79. The minimum absolute atomic E-state index is 0.315. The van der Waals surface area contributed by atoms with E-state index in [0.717, 1.165) is 11.1 Å². The van der Waals surface area contributed by atoms with Crippen molar-refractivity contribution in [2.75, 3.05) is 10.8 Å². The second-order valence-electron chi connectivity index (χ2n) is 5.84. The van der Waals surface area contributed by atoms with Crippen LogP contribution in [0.25, 0.3) is 0 Å². The molecule has 3 rings (SSSR count). The van der Waals surface area contributed by atoms with Crippen molar-refractivity contribution >= 4 is 27.5 Å². The van der Waals surface area contributed by atoms with Crippen molar-refractivity contribution in [3.63, 3.8) is 0 Å². The zero-order valence-corrected chi connectivity index (χ0v) is 13.8. The summed E-state index contributed by atoms with van der Waals surface area (Å²) in [7, 11) is -3.60. The summed E-state index contributed by atoms with van der Waals surface area (Å²) in [5, 5.41) is 10.7. The van der Waals surface area contributed by atoms with Crippen molar-refractivity contribution in [3.05, 3.63) is 28.3 Å². The zero-order valence-electron chi connectivity index (χ0n) is 12.2. The van der Waals surface area contributed by atoms with Crippen LogP contribution < -0.4 is 4.31 Å². The van der Waals surface area contributed by atoms with Crippen molar-refractivity contribution in [1.29, 1.82) is 0 Å². The Bertz CT molecular complexity index is 692. The number of anilines is 1. The lowest BCUT2D eigenvalue weighted by molar-refractivity contribution is 0.139. The summed E-state index contributed by atoms with van der Waals surface area (Å²) in [6.45, 7) is 5.92. The van der Waals surface area contributed by atoms with E-state index in [-0.39, 0.29) is 12.1 Å². The summed E-state index contributed by atoms with van der Waals surface area (Å²) in [4.78, 5) is 0. The number of benzene rings is 1. The molecule has 116 valence electrons. The second kappa shape index (κ2) is 4.84. The molecule has 1 N–H and O–H groups in total. The molecule has 0 aliphatic carbocycles. The summed E-state index contributed by atoms with van der Waals surface area (Å²) in [5.41, 5.74) is 2.27. The Hall–Kier alpha value is -0.820. The predicted molar refractivity (Wildman–Crippen MR) is 82.9 cm³/mol. The number of halogens is 1. The number of fused-ring (bicyclic) bond motifs is 1. The second-order valence-corrected chi connectivity index (χ2v) is 7.98. The molecule has 0 amide bonds. The lowest BCUT2D eigenvalue weighted by Crippen LogP contribution is -2.39. The van der Waals surface area contributed by atoms with Crippen molar-refractivity contribution in [2.45, 2.75) is 45.4 Å². The van der Waals surface area contributed by atoms with Crippen molar-refractivity contribution in [2.24, 2.45) is 0 Å². The number of aliphatic hydroxyl groups excluding tert-OH is 1. The van der Waals surface area contributed by atoms with Gasteiger partial charge in [0.2, 0.25) is 0 Å². The fourth-order valence-electron chi connectivity index (χ4n) is 3.46. The van der Waals surface area contributed by atoms with Crippen LogP contribution in [0.2, 0.25) is 5.02 Å². The first-order valence-electron chi connectivity index (χ1n) is 7.01. The van der Waals surface area contributed by atoms with Crippen LogP contribution in [-0.4, -0.2) is 42.6 Å². The standard InChI is InChI=1S/C14H19ClN2O3S/c1-8-4-5-11(9(2)13(8)15)17-10(3)14-12(18)6-7-16(14)21(17,19)20/h4-5,10,12,14,18H,6-7H2,1-3H3/t10-,12-,14+/m0/s1. The van der Waals surface area contributed by atoms with E-state index in [2.05, 4.69) is 0 Å². The molecule has 2 fully saturated rings. The molecule has 2 saturated heterocycles. The highest BCUT2D eigenvalue weighted by Gasteiger charge is 2.55. The van der Waals surface area contributed by atoms with E-state index in [9.17, 15) is 13.5 Å². The molecule has 5 nitrogen and oxygen atoms in total. The topological polar surface area (TPSA) is 60.9 Å². The first-order chi connectivity index (χ1) is 9.76. The van der Waals surface area contributed by atoms with Gasteiger partial charge in [0, 0.05) is 11.6 Å². The van der Waals surface area contributed by atoms with Crippen LogP contribution in [0.15, 0.2) is 12.1 Å². The molecule has 1 aromatic rings. The average molecular weight is 331 g/mol. The first-order valence-corrected chi connectivity index (χ1v) is 8.79. The largest absolute Gasteiger partial charge is 0.391 e. The highest BCUT2D eigenvalue weighted by molar-refractivity contribution is 7.90. The Labute approximate surface area is 130 Å². The van der Waals surface area contributed by atoms with E-state index in [1.54, 1.807) is 6.07 Å². The monoisotopic (exact) mass is 330 g/mol.